The summed E-state index contributed by atoms with van der Waals surface area (Å²) in [5.41, 5.74) is 0.367. The number of nitrogens with zero attached hydrogens (tertiary/aromatic N) is 2. The molecule has 0 atom stereocenters. The van der Waals surface area contributed by atoms with Crippen LogP contribution >= 0.6 is 0 Å². The molecule has 4 nitrogen and oxygen atoms in total. The van der Waals surface area contributed by atoms with Gasteiger partial charge in [-0.1, -0.05) is 0 Å². The highest BCUT2D eigenvalue weighted by Crippen LogP contribution is 2.02. The molecule has 12 heavy (non-hydrogen) atoms. The van der Waals surface area contributed by atoms with Crippen LogP contribution < -0.4 is 0 Å². The van der Waals surface area contributed by atoms with Crippen LogP contribution in [0.3, 0.4) is 0 Å². The van der Waals surface area contributed by atoms with E-state index in [1.807, 2.05) is 0 Å². The molecule has 0 aromatic carbocycles. The smallest absolute Gasteiger partial charge is 0.235 e. The normalized spacial score (nSPS) is 10.4. The molecule has 1 aromatic heterocycles. The Balaban J connectivity index is 2.83. The molecule has 1 heterocycles. The molecule has 0 radical (unpaired) electrons. The molecule has 0 aliphatic carbocycles. The summed E-state index contributed by atoms with van der Waals surface area (Å²) in [5, 5.41) is 9.86. The van der Waals surface area contributed by atoms with E-state index in [4.69, 9.17) is 0 Å². The molecule has 0 aliphatic rings. The summed E-state index contributed by atoms with van der Waals surface area (Å²) in [5.74, 6) is -0.513. The number of halogens is 1. The van der Waals surface area contributed by atoms with Gasteiger partial charge < -0.3 is 0 Å². The van der Waals surface area contributed by atoms with Gasteiger partial charge in [-0.25, -0.2) is 4.39 Å². The van der Waals surface area contributed by atoms with Crippen molar-refractivity contribution < 1.29 is 9.31 Å². The van der Waals surface area contributed by atoms with Gasteiger partial charge in [0.15, 0.2) is 0 Å². The Morgan fingerprint density at radius 2 is 2.33 bits per heavy atom. The van der Waals surface area contributed by atoms with Gasteiger partial charge in [0.2, 0.25) is 6.20 Å². The maximum atomic E-state index is 12.4. The number of hydrogen-bond donors (Lipinski definition) is 0. The molecule has 0 N–H and O–H groups in total. The molecule has 0 amide bonds. The van der Waals surface area contributed by atoms with Crippen molar-refractivity contribution in [1.82, 2.24) is 4.98 Å². The molecule has 0 aliphatic heterocycles. The zero-order valence-corrected chi connectivity index (χ0v) is 5.98. The van der Waals surface area contributed by atoms with Crippen molar-refractivity contribution in [1.29, 1.82) is 0 Å². The van der Waals surface area contributed by atoms with Gasteiger partial charge in [-0.3, -0.25) is 15.1 Å². The lowest BCUT2D eigenvalue weighted by Crippen LogP contribution is -1.84. The van der Waals surface area contributed by atoms with Crippen LogP contribution in [0, 0.1) is 15.9 Å². The molecule has 62 valence electrons. The summed E-state index contributed by atoms with van der Waals surface area (Å²) in [7, 11) is 0. The van der Waals surface area contributed by atoms with Crippen LogP contribution in [0.1, 0.15) is 5.56 Å². The number of rotatable bonds is 2. The Hall–Kier alpha value is -1.78. The standard InChI is InChI=1S/C7H5FN2O2/c8-7-3-6(4-9-5-7)1-2-10(11)12/h1-5H. The minimum atomic E-state index is -0.620. The van der Waals surface area contributed by atoms with Gasteiger partial charge in [0.1, 0.15) is 5.82 Å². The maximum absolute atomic E-state index is 12.4. The van der Waals surface area contributed by atoms with Crippen LogP contribution in [-0.2, 0) is 0 Å². The lowest BCUT2D eigenvalue weighted by molar-refractivity contribution is -0.400. The van der Waals surface area contributed by atoms with Gasteiger partial charge in [-0.2, -0.15) is 0 Å². The first-order valence-corrected chi connectivity index (χ1v) is 3.11. The molecule has 1 aromatic rings. The lowest BCUT2D eigenvalue weighted by atomic mass is 10.3. The van der Waals surface area contributed by atoms with Gasteiger partial charge >= 0.3 is 0 Å². The molecule has 0 unspecified atom stereocenters. The molecular weight excluding hydrogens is 163 g/mol. The molecule has 0 saturated heterocycles. The molecule has 5 heteroatoms. The van der Waals surface area contributed by atoms with Crippen LogP contribution in [0.4, 0.5) is 4.39 Å². The van der Waals surface area contributed by atoms with Gasteiger partial charge in [0.05, 0.1) is 11.1 Å². The second kappa shape index (κ2) is 3.56. The highest BCUT2D eigenvalue weighted by Gasteiger charge is 1.93. The van der Waals surface area contributed by atoms with E-state index < -0.39 is 10.7 Å². The van der Waals surface area contributed by atoms with Crippen LogP contribution in [0.25, 0.3) is 6.08 Å². The van der Waals surface area contributed by atoms with Crippen LogP contribution in [0.15, 0.2) is 24.7 Å². The Kier molecular flexibility index (Phi) is 2.47. The van der Waals surface area contributed by atoms with E-state index in [9.17, 15) is 14.5 Å². The van der Waals surface area contributed by atoms with Crippen molar-refractivity contribution in [2.45, 2.75) is 0 Å². The highest BCUT2D eigenvalue weighted by molar-refractivity contribution is 5.45. The zero-order chi connectivity index (χ0) is 8.97. The predicted octanol–water partition coefficient (Wildman–Crippen LogP) is 1.47. The number of hydrogen-bond acceptors (Lipinski definition) is 3. The van der Waals surface area contributed by atoms with Crippen molar-refractivity contribution in [2.75, 3.05) is 0 Å². The van der Waals surface area contributed by atoms with Crippen molar-refractivity contribution in [2.24, 2.45) is 0 Å². The maximum Gasteiger partial charge on any atom is 0.235 e. The van der Waals surface area contributed by atoms with Crippen molar-refractivity contribution in [3.8, 4) is 0 Å². The van der Waals surface area contributed by atoms with E-state index in [1.54, 1.807) is 0 Å². The zero-order valence-electron chi connectivity index (χ0n) is 5.98. The van der Waals surface area contributed by atoms with Gasteiger partial charge in [-0.15, -0.1) is 0 Å². The summed E-state index contributed by atoms with van der Waals surface area (Å²) in [6.45, 7) is 0. The summed E-state index contributed by atoms with van der Waals surface area (Å²) < 4.78 is 12.4. The fraction of sp³-hybridized carbons (Fsp3) is 0. The van der Waals surface area contributed by atoms with Gasteiger partial charge in [0, 0.05) is 17.8 Å². The number of pyridine rings is 1. The lowest BCUT2D eigenvalue weighted by Gasteiger charge is -1.89. The minimum absolute atomic E-state index is 0.367. The molecule has 0 saturated carbocycles. The first-order valence-electron chi connectivity index (χ1n) is 3.11. The van der Waals surface area contributed by atoms with E-state index in [-0.39, 0.29) is 0 Å². The fourth-order valence-electron chi connectivity index (χ4n) is 0.666. The second-order valence-electron chi connectivity index (χ2n) is 2.04. The summed E-state index contributed by atoms with van der Waals surface area (Å²) in [6, 6.07) is 1.16. The third-order valence-corrected chi connectivity index (χ3v) is 1.11. The topological polar surface area (TPSA) is 56.0 Å². The first kappa shape index (κ1) is 8.32. The Morgan fingerprint density at radius 3 is 2.92 bits per heavy atom. The quantitative estimate of drug-likeness (QED) is 0.496. The van der Waals surface area contributed by atoms with E-state index >= 15 is 0 Å². The first-order chi connectivity index (χ1) is 5.68. The monoisotopic (exact) mass is 168 g/mol. The van der Waals surface area contributed by atoms with Gasteiger partial charge in [-0.05, 0) is 6.07 Å². The molecular formula is C7H5FN2O2. The second-order valence-corrected chi connectivity index (χ2v) is 2.04. The van der Waals surface area contributed by atoms with E-state index in [0.29, 0.717) is 5.56 Å². The fourth-order valence-corrected chi connectivity index (χ4v) is 0.666. The van der Waals surface area contributed by atoms with Crippen molar-refractivity contribution in [3.05, 3.63) is 46.2 Å². The average Bonchev–Trinajstić information content (AvgIpc) is 2.01. The summed E-state index contributed by atoms with van der Waals surface area (Å²) in [4.78, 5) is 12.8. The number of nitro groups is 1. The van der Waals surface area contributed by atoms with Crippen molar-refractivity contribution >= 4 is 6.08 Å². The minimum Gasteiger partial charge on any atom is -0.261 e. The Bertz CT molecular complexity index is 325. The summed E-state index contributed by atoms with van der Waals surface area (Å²) >= 11 is 0. The molecule has 0 fully saturated rings. The Morgan fingerprint density at radius 1 is 1.58 bits per heavy atom. The molecule has 0 spiro atoms. The molecule has 0 bridgehead atoms. The number of aromatic nitrogens is 1. The highest BCUT2D eigenvalue weighted by atomic mass is 19.1. The van der Waals surface area contributed by atoms with Crippen molar-refractivity contribution in [3.63, 3.8) is 0 Å². The summed E-state index contributed by atoms with van der Waals surface area (Å²) in [6.07, 6.45) is 4.28. The van der Waals surface area contributed by atoms with Crippen LogP contribution in [-0.4, -0.2) is 9.91 Å². The predicted molar refractivity (Wildman–Crippen MR) is 40.2 cm³/mol. The third kappa shape index (κ3) is 2.45. The van der Waals surface area contributed by atoms with Gasteiger partial charge in [0.25, 0.3) is 0 Å². The van der Waals surface area contributed by atoms with E-state index in [2.05, 4.69) is 4.98 Å². The largest absolute Gasteiger partial charge is 0.261 e. The Labute approximate surface area is 67.5 Å². The average molecular weight is 168 g/mol. The van der Waals surface area contributed by atoms with E-state index in [0.717, 1.165) is 18.5 Å². The van der Waals surface area contributed by atoms with Crippen LogP contribution in [0.2, 0.25) is 0 Å². The van der Waals surface area contributed by atoms with E-state index in [1.165, 1.54) is 12.3 Å². The molecule has 1 rings (SSSR count). The SMILES string of the molecule is O=[N+]([O-])C=Cc1cncc(F)c1. The van der Waals surface area contributed by atoms with Crippen LogP contribution in [0.5, 0.6) is 0 Å². The third-order valence-electron chi connectivity index (χ3n) is 1.11.